The highest BCUT2D eigenvalue weighted by atomic mass is 14.1. The Kier molecular flexibility index (Phi) is 4.01. The minimum absolute atomic E-state index is 1.19. The SMILES string of the molecule is CCCCCCc1cccc2cc3[c]cccc3cc12. The molecule has 3 aromatic rings. The highest BCUT2D eigenvalue weighted by Crippen LogP contribution is 2.26. The van der Waals surface area contributed by atoms with Gasteiger partial charge in [-0.2, -0.15) is 0 Å². The second-order valence-corrected chi connectivity index (χ2v) is 5.56. The Morgan fingerprint density at radius 2 is 1.80 bits per heavy atom. The van der Waals surface area contributed by atoms with Gasteiger partial charge in [0.25, 0.3) is 0 Å². The lowest BCUT2D eigenvalue weighted by atomic mass is 9.96. The van der Waals surface area contributed by atoms with Crippen LogP contribution in [0.4, 0.5) is 0 Å². The van der Waals surface area contributed by atoms with Crippen molar-refractivity contribution >= 4 is 21.5 Å². The summed E-state index contributed by atoms with van der Waals surface area (Å²) in [6, 6.07) is 20.8. The highest BCUT2D eigenvalue weighted by molar-refractivity contribution is 5.99. The van der Waals surface area contributed by atoms with Crippen molar-refractivity contribution in [1.29, 1.82) is 0 Å². The molecule has 101 valence electrons. The van der Waals surface area contributed by atoms with E-state index in [0.29, 0.717) is 0 Å². The second kappa shape index (κ2) is 6.09. The smallest absolute Gasteiger partial charge is 0.00988 e. The van der Waals surface area contributed by atoms with Crippen LogP contribution >= 0.6 is 0 Å². The molecule has 0 unspecified atom stereocenters. The van der Waals surface area contributed by atoms with Crippen LogP contribution in [0, 0.1) is 6.07 Å². The van der Waals surface area contributed by atoms with Gasteiger partial charge in [-0.1, -0.05) is 62.6 Å². The number of hydrogen-bond acceptors (Lipinski definition) is 0. The molecule has 0 fully saturated rings. The predicted octanol–water partition coefficient (Wildman–Crippen LogP) is 5.92. The van der Waals surface area contributed by atoms with Crippen molar-refractivity contribution in [2.75, 3.05) is 0 Å². The van der Waals surface area contributed by atoms with Gasteiger partial charge in [0, 0.05) is 0 Å². The summed E-state index contributed by atoms with van der Waals surface area (Å²) in [5.74, 6) is 0. The molecule has 3 aromatic carbocycles. The van der Waals surface area contributed by atoms with Gasteiger partial charge in [-0.25, -0.2) is 0 Å². The van der Waals surface area contributed by atoms with E-state index in [4.69, 9.17) is 0 Å². The molecule has 20 heavy (non-hydrogen) atoms. The molecule has 0 heterocycles. The van der Waals surface area contributed by atoms with Crippen LogP contribution in [-0.4, -0.2) is 0 Å². The summed E-state index contributed by atoms with van der Waals surface area (Å²) in [6.45, 7) is 2.26. The average molecular weight is 261 g/mol. The largest absolute Gasteiger partial charge is 0.0654 e. The molecule has 0 bridgehead atoms. The lowest BCUT2D eigenvalue weighted by molar-refractivity contribution is 0.668. The van der Waals surface area contributed by atoms with Crippen LogP contribution in [0.5, 0.6) is 0 Å². The first-order valence-electron chi connectivity index (χ1n) is 7.70. The van der Waals surface area contributed by atoms with Crippen LogP contribution < -0.4 is 0 Å². The van der Waals surface area contributed by atoms with Crippen molar-refractivity contribution in [2.45, 2.75) is 39.0 Å². The molecule has 0 nitrogen and oxygen atoms in total. The molecule has 3 rings (SSSR count). The van der Waals surface area contributed by atoms with Crippen molar-refractivity contribution in [3.05, 3.63) is 60.2 Å². The number of rotatable bonds is 5. The van der Waals surface area contributed by atoms with E-state index >= 15 is 0 Å². The molecule has 0 N–H and O–H groups in total. The van der Waals surface area contributed by atoms with Gasteiger partial charge in [0.1, 0.15) is 0 Å². The first-order chi connectivity index (χ1) is 9.88. The minimum atomic E-state index is 1.19. The third kappa shape index (κ3) is 2.70. The van der Waals surface area contributed by atoms with E-state index < -0.39 is 0 Å². The van der Waals surface area contributed by atoms with E-state index in [-0.39, 0.29) is 0 Å². The number of aryl methyl sites for hydroxylation is 1. The summed E-state index contributed by atoms with van der Waals surface area (Å²) in [6.07, 6.45) is 6.48. The van der Waals surface area contributed by atoms with Gasteiger partial charge >= 0.3 is 0 Å². The highest BCUT2D eigenvalue weighted by Gasteiger charge is 2.03. The fourth-order valence-electron chi connectivity index (χ4n) is 2.92. The maximum absolute atomic E-state index is 3.32. The Balaban J connectivity index is 1.97. The molecule has 0 atom stereocenters. The first kappa shape index (κ1) is 13.2. The maximum atomic E-state index is 3.32. The van der Waals surface area contributed by atoms with Crippen molar-refractivity contribution in [3.63, 3.8) is 0 Å². The van der Waals surface area contributed by atoms with Crippen molar-refractivity contribution in [2.24, 2.45) is 0 Å². The van der Waals surface area contributed by atoms with Gasteiger partial charge in [-0.15, -0.1) is 0 Å². The molecule has 0 saturated heterocycles. The zero-order valence-corrected chi connectivity index (χ0v) is 12.2. The van der Waals surface area contributed by atoms with Crippen molar-refractivity contribution < 1.29 is 0 Å². The van der Waals surface area contributed by atoms with Crippen LogP contribution in [-0.2, 0) is 6.42 Å². The zero-order valence-electron chi connectivity index (χ0n) is 12.2. The van der Waals surface area contributed by atoms with Gasteiger partial charge in [-0.3, -0.25) is 0 Å². The third-order valence-electron chi connectivity index (χ3n) is 4.05. The summed E-state index contributed by atoms with van der Waals surface area (Å²) >= 11 is 0. The standard InChI is InChI=1S/C20H21/c1-2-3-4-5-9-16-12-8-13-19-14-17-10-6-7-11-18(17)15-20(16)19/h6-8,11-15H,2-5,9H2,1H3. The molecular weight excluding hydrogens is 240 g/mol. The summed E-state index contributed by atoms with van der Waals surface area (Å²) in [7, 11) is 0. The van der Waals surface area contributed by atoms with Gasteiger partial charge in [-0.05, 0) is 58.1 Å². The summed E-state index contributed by atoms with van der Waals surface area (Å²) in [5, 5.41) is 5.26. The third-order valence-corrected chi connectivity index (χ3v) is 4.05. The fourth-order valence-corrected chi connectivity index (χ4v) is 2.92. The Hall–Kier alpha value is -1.82. The topological polar surface area (TPSA) is 0 Å². The van der Waals surface area contributed by atoms with Crippen molar-refractivity contribution in [1.82, 2.24) is 0 Å². The lowest BCUT2D eigenvalue weighted by Crippen LogP contribution is -1.88. The van der Waals surface area contributed by atoms with Crippen LogP contribution in [0.15, 0.2) is 48.5 Å². The van der Waals surface area contributed by atoms with Gasteiger partial charge < -0.3 is 0 Å². The fraction of sp³-hybridized carbons (Fsp3) is 0.300. The maximum Gasteiger partial charge on any atom is -0.00988 e. The molecule has 0 aliphatic carbocycles. The van der Waals surface area contributed by atoms with Gasteiger partial charge in [0.2, 0.25) is 0 Å². The number of benzene rings is 3. The molecule has 0 spiro atoms. The second-order valence-electron chi connectivity index (χ2n) is 5.56. The number of unbranched alkanes of at least 4 members (excludes halogenated alkanes) is 3. The molecule has 0 aliphatic rings. The molecule has 1 radical (unpaired) electrons. The molecule has 0 saturated carbocycles. The zero-order chi connectivity index (χ0) is 13.8. The Labute approximate surface area is 121 Å². The summed E-state index contributed by atoms with van der Waals surface area (Å²) in [5.41, 5.74) is 1.49. The van der Waals surface area contributed by atoms with Crippen LogP contribution in [0.25, 0.3) is 21.5 Å². The first-order valence-corrected chi connectivity index (χ1v) is 7.70. The summed E-state index contributed by atoms with van der Waals surface area (Å²) < 4.78 is 0. The Morgan fingerprint density at radius 3 is 2.70 bits per heavy atom. The monoisotopic (exact) mass is 261 g/mol. The van der Waals surface area contributed by atoms with Gasteiger partial charge in [0.05, 0.1) is 0 Å². The van der Waals surface area contributed by atoms with E-state index in [2.05, 4.69) is 55.5 Å². The molecule has 0 aliphatic heterocycles. The Bertz CT molecular complexity index is 709. The van der Waals surface area contributed by atoms with E-state index in [1.165, 1.54) is 59.2 Å². The van der Waals surface area contributed by atoms with E-state index in [1.54, 1.807) is 0 Å². The minimum Gasteiger partial charge on any atom is -0.0654 e. The quantitative estimate of drug-likeness (QED) is 0.395. The average Bonchev–Trinajstić information content (AvgIpc) is 2.50. The molecule has 0 heteroatoms. The molecular formula is C20H21. The van der Waals surface area contributed by atoms with E-state index in [1.807, 2.05) is 6.07 Å². The van der Waals surface area contributed by atoms with Crippen molar-refractivity contribution in [3.8, 4) is 0 Å². The van der Waals surface area contributed by atoms with Crippen LogP contribution in [0.1, 0.15) is 38.2 Å². The summed E-state index contributed by atoms with van der Waals surface area (Å²) in [4.78, 5) is 0. The van der Waals surface area contributed by atoms with E-state index in [0.717, 1.165) is 0 Å². The number of fused-ring (bicyclic) bond motifs is 2. The molecule has 0 amide bonds. The number of hydrogen-bond donors (Lipinski definition) is 0. The Morgan fingerprint density at radius 1 is 0.900 bits per heavy atom. The van der Waals surface area contributed by atoms with E-state index in [9.17, 15) is 0 Å². The lowest BCUT2D eigenvalue weighted by Gasteiger charge is -2.08. The van der Waals surface area contributed by atoms with Crippen LogP contribution in [0.3, 0.4) is 0 Å². The predicted molar refractivity (Wildman–Crippen MR) is 88.1 cm³/mol. The normalized spacial score (nSPS) is 11.2. The van der Waals surface area contributed by atoms with Crippen LogP contribution in [0.2, 0.25) is 0 Å². The molecule has 0 aromatic heterocycles. The van der Waals surface area contributed by atoms with Gasteiger partial charge in [0.15, 0.2) is 0 Å².